The van der Waals surface area contributed by atoms with Gasteiger partial charge in [-0.25, -0.2) is 9.97 Å². The normalized spacial score (nSPS) is 12.1. The molecule has 0 atom stereocenters. The molecule has 0 N–H and O–H groups in total. The topological polar surface area (TPSA) is 44.2 Å². The van der Waals surface area contributed by atoms with Crippen molar-refractivity contribution in [3.05, 3.63) is 40.9 Å². The Balaban J connectivity index is 2.20. The van der Waals surface area contributed by atoms with Gasteiger partial charge in [-0.3, -0.25) is 0 Å². The van der Waals surface area contributed by atoms with E-state index in [9.17, 15) is 26.3 Å². The number of ether oxygens (including phenoxy) is 2. The molecule has 0 saturated carbocycles. The fourth-order valence-corrected chi connectivity index (χ4v) is 1.89. The Morgan fingerprint density at radius 2 is 1.39 bits per heavy atom. The van der Waals surface area contributed by atoms with Gasteiger partial charge >= 0.3 is 12.5 Å². The van der Waals surface area contributed by atoms with Crippen molar-refractivity contribution in [1.29, 1.82) is 0 Å². The summed E-state index contributed by atoms with van der Waals surface area (Å²) in [7, 11) is 0. The van der Waals surface area contributed by atoms with Gasteiger partial charge in [0.1, 0.15) is 11.5 Å². The zero-order valence-corrected chi connectivity index (χ0v) is 12.3. The van der Waals surface area contributed by atoms with Crippen LogP contribution < -0.4 is 9.47 Å². The molecule has 0 spiro atoms. The average molecular weight is 403 g/mol. The highest BCUT2D eigenvalue weighted by molar-refractivity contribution is 9.10. The summed E-state index contributed by atoms with van der Waals surface area (Å²) in [5, 5.41) is 0. The van der Waals surface area contributed by atoms with Crippen LogP contribution in [0.3, 0.4) is 0 Å². The van der Waals surface area contributed by atoms with Gasteiger partial charge in [-0.1, -0.05) is 15.9 Å². The van der Waals surface area contributed by atoms with Gasteiger partial charge in [-0.05, 0) is 12.1 Å². The molecule has 1 aromatic heterocycles. The third-order valence-corrected chi connectivity index (χ3v) is 2.65. The Kier molecular flexibility index (Phi) is 4.68. The molecule has 0 fully saturated rings. The van der Waals surface area contributed by atoms with E-state index in [1.165, 1.54) is 6.07 Å². The average Bonchev–Trinajstić information content (AvgIpc) is 2.35. The second kappa shape index (κ2) is 6.22. The zero-order valence-electron chi connectivity index (χ0n) is 10.7. The Morgan fingerprint density at radius 1 is 0.826 bits per heavy atom. The fraction of sp³-hybridized carbons (Fsp3) is 0.167. The SMILES string of the molecule is FC(F)(F)Oc1cc(Br)cc(Oc2cnc(C(F)(F)F)nc2)c1. The van der Waals surface area contributed by atoms with Crippen LogP contribution in [-0.4, -0.2) is 16.3 Å². The Bertz CT molecular complexity index is 687. The van der Waals surface area contributed by atoms with Gasteiger partial charge in [0.15, 0.2) is 5.75 Å². The molecule has 0 unspecified atom stereocenters. The third kappa shape index (κ3) is 5.27. The lowest BCUT2D eigenvalue weighted by Gasteiger charge is -2.12. The first-order valence-corrected chi connectivity index (χ1v) is 6.46. The second-order valence-corrected chi connectivity index (χ2v) is 4.93. The van der Waals surface area contributed by atoms with Gasteiger partial charge in [-0.2, -0.15) is 13.2 Å². The molecule has 11 heteroatoms. The molecule has 2 rings (SSSR count). The molecule has 4 nitrogen and oxygen atoms in total. The van der Waals surface area contributed by atoms with E-state index >= 15 is 0 Å². The molecule has 0 aliphatic rings. The smallest absolute Gasteiger partial charge is 0.454 e. The van der Waals surface area contributed by atoms with Crippen molar-refractivity contribution < 1.29 is 35.8 Å². The van der Waals surface area contributed by atoms with Crippen LogP contribution in [0.1, 0.15) is 5.82 Å². The highest BCUT2D eigenvalue weighted by Crippen LogP contribution is 2.33. The van der Waals surface area contributed by atoms with Gasteiger partial charge in [0, 0.05) is 10.5 Å². The summed E-state index contributed by atoms with van der Waals surface area (Å²) in [6, 6.07) is 3.25. The summed E-state index contributed by atoms with van der Waals surface area (Å²) in [4.78, 5) is 6.13. The molecule has 1 heterocycles. The van der Waals surface area contributed by atoms with Crippen molar-refractivity contribution in [2.75, 3.05) is 0 Å². The largest absolute Gasteiger partial charge is 0.573 e. The minimum absolute atomic E-state index is 0.109. The minimum atomic E-state index is -4.89. The Labute approximate surface area is 133 Å². The first-order chi connectivity index (χ1) is 10.5. The number of hydrogen-bond donors (Lipinski definition) is 0. The third-order valence-electron chi connectivity index (χ3n) is 2.20. The first kappa shape index (κ1) is 17.3. The highest BCUT2D eigenvalue weighted by Gasteiger charge is 2.34. The lowest BCUT2D eigenvalue weighted by molar-refractivity contribution is -0.274. The quantitative estimate of drug-likeness (QED) is 0.681. The monoisotopic (exact) mass is 402 g/mol. The van der Waals surface area contributed by atoms with Crippen LogP contribution in [-0.2, 0) is 6.18 Å². The van der Waals surface area contributed by atoms with E-state index in [-0.39, 0.29) is 16.0 Å². The summed E-state index contributed by atoms with van der Waals surface area (Å²) in [6.07, 6.45) is -8.10. The summed E-state index contributed by atoms with van der Waals surface area (Å²) < 4.78 is 82.6. The number of rotatable bonds is 3. The van der Waals surface area contributed by atoms with Crippen LogP contribution in [0.4, 0.5) is 26.3 Å². The minimum Gasteiger partial charge on any atom is -0.454 e. The summed E-state index contributed by atoms with van der Waals surface area (Å²) in [5.74, 6) is -2.22. The van der Waals surface area contributed by atoms with Crippen LogP contribution in [0, 0.1) is 0 Å². The van der Waals surface area contributed by atoms with Crippen molar-refractivity contribution in [2.24, 2.45) is 0 Å². The van der Waals surface area contributed by atoms with E-state index in [1.54, 1.807) is 0 Å². The molecule has 0 bridgehead atoms. The van der Waals surface area contributed by atoms with E-state index in [4.69, 9.17) is 4.74 Å². The van der Waals surface area contributed by atoms with Crippen molar-refractivity contribution in [3.8, 4) is 17.2 Å². The fourth-order valence-electron chi connectivity index (χ4n) is 1.44. The molecule has 0 aliphatic heterocycles. The Morgan fingerprint density at radius 3 is 1.91 bits per heavy atom. The molecule has 0 aliphatic carbocycles. The van der Waals surface area contributed by atoms with Gasteiger partial charge in [0.25, 0.3) is 0 Å². The van der Waals surface area contributed by atoms with Gasteiger partial charge in [-0.15, -0.1) is 13.2 Å². The summed E-state index contributed by atoms with van der Waals surface area (Å²) in [5.41, 5.74) is 0. The van der Waals surface area contributed by atoms with E-state index in [1.807, 2.05) is 0 Å². The predicted octanol–water partition coefficient (Wildman–Crippen LogP) is 4.95. The maximum absolute atomic E-state index is 12.3. The molecule has 0 amide bonds. The van der Waals surface area contributed by atoms with Crippen LogP contribution in [0.5, 0.6) is 17.2 Å². The summed E-state index contributed by atoms with van der Waals surface area (Å²) in [6.45, 7) is 0. The Hall–Kier alpha value is -2.04. The molecule has 2 aromatic rings. The van der Waals surface area contributed by atoms with Crippen LogP contribution in [0.2, 0.25) is 0 Å². The first-order valence-electron chi connectivity index (χ1n) is 5.66. The van der Waals surface area contributed by atoms with Crippen molar-refractivity contribution in [2.45, 2.75) is 12.5 Å². The van der Waals surface area contributed by atoms with E-state index in [0.717, 1.165) is 24.5 Å². The maximum atomic E-state index is 12.3. The number of aromatic nitrogens is 2. The molecule has 23 heavy (non-hydrogen) atoms. The highest BCUT2D eigenvalue weighted by atomic mass is 79.9. The lowest BCUT2D eigenvalue weighted by atomic mass is 10.3. The van der Waals surface area contributed by atoms with Gasteiger partial charge in [0.2, 0.25) is 5.82 Å². The summed E-state index contributed by atoms with van der Waals surface area (Å²) >= 11 is 2.96. The predicted molar refractivity (Wildman–Crippen MR) is 67.9 cm³/mol. The number of halogens is 7. The lowest BCUT2D eigenvalue weighted by Crippen LogP contribution is -2.17. The molecule has 124 valence electrons. The number of hydrogen-bond acceptors (Lipinski definition) is 4. The molecular weight excluding hydrogens is 398 g/mol. The van der Waals surface area contributed by atoms with Crippen molar-refractivity contribution >= 4 is 15.9 Å². The number of nitrogens with zero attached hydrogens (tertiary/aromatic N) is 2. The van der Waals surface area contributed by atoms with Crippen LogP contribution in [0.15, 0.2) is 35.1 Å². The zero-order chi connectivity index (χ0) is 17.3. The van der Waals surface area contributed by atoms with E-state index in [2.05, 4.69) is 30.6 Å². The number of alkyl halides is 6. The second-order valence-electron chi connectivity index (χ2n) is 4.01. The van der Waals surface area contributed by atoms with Gasteiger partial charge in [0.05, 0.1) is 12.4 Å². The standard InChI is InChI=1S/C12H5BrF6N2O2/c13-6-1-7(3-8(2-6)23-12(17,18)19)22-9-4-20-10(21-5-9)11(14,15)16/h1-5H. The maximum Gasteiger partial charge on any atom is 0.573 e. The number of benzene rings is 1. The molecule has 0 radical (unpaired) electrons. The van der Waals surface area contributed by atoms with Crippen LogP contribution >= 0.6 is 15.9 Å². The molecule has 1 aromatic carbocycles. The van der Waals surface area contributed by atoms with Crippen LogP contribution in [0.25, 0.3) is 0 Å². The van der Waals surface area contributed by atoms with Gasteiger partial charge < -0.3 is 9.47 Å². The molecule has 0 saturated heterocycles. The van der Waals surface area contributed by atoms with E-state index < -0.39 is 24.1 Å². The van der Waals surface area contributed by atoms with Crippen molar-refractivity contribution in [1.82, 2.24) is 9.97 Å². The molecular formula is C12H5BrF6N2O2. The van der Waals surface area contributed by atoms with E-state index in [0.29, 0.717) is 0 Å². The van der Waals surface area contributed by atoms with Crippen molar-refractivity contribution in [3.63, 3.8) is 0 Å².